The molecule has 5 rings (SSSR count). The number of aliphatic hydroxyl groups is 1. The Morgan fingerprint density at radius 1 is 1.05 bits per heavy atom. The summed E-state index contributed by atoms with van der Waals surface area (Å²) in [4.78, 5) is 13.0. The van der Waals surface area contributed by atoms with Crippen molar-refractivity contribution in [2.75, 3.05) is 0 Å². The van der Waals surface area contributed by atoms with E-state index in [-0.39, 0.29) is 45.9 Å². The first-order valence-corrected chi connectivity index (χ1v) is 14.9. The standard InChI is InChI=1S/C33H52O4/c1-19(2)27-24(36-30(6,7)37-27)17-20(3)21-11-15-32(9)22(21)18-23(34)28-31(8)14-13-26(35)29(4,5)25(31)12-16-33(28,32)10/h20,23-25,27-28,34H,1,11-18H2,2-10H3/t20-,23+,24+,25+,27+,28+,31+,32+,33+/m1/s1. The van der Waals surface area contributed by atoms with Crippen LogP contribution in [0.4, 0.5) is 0 Å². The molecule has 5 aliphatic rings. The van der Waals surface area contributed by atoms with E-state index in [0.717, 1.165) is 44.1 Å². The quantitative estimate of drug-likeness (QED) is 0.399. The Hall–Kier alpha value is -0.970. The lowest BCUT2D eigenvalue weighted by Crippen LogP contribution is -2.65. The third kappa shape index (κ3) is 3.82. The average Bonchev–Trinajstić information content (AvgIpc) is 3.28. The molecule has 0 bridgehead atoms. The molecule has 0 radical (unpaired) electrons. The predicted octanol–water partition coefficient (Wildman–Crippen LogP) is 7.40. The Balaban J connectivity index is 1.47. The topological polar surface area (TPSA) is 55.8 Å². The van der Waals surface area contributed by atoms with Crippen LogP contribution in [0.5, 0.6) is 0 Å². The molecule has 4 heteroatoms. The lowest BCUT2D eigenvalue weighted by molar-refractivity contribution is -0.208. The molecule has 208 valence electrons. The van der Waals surface area contributed by atoms with Crippen molar-refractivity contribution in [1.29, 1.82) is 0 Å². The summed E-state index contributed by atoms with van der Waals surface area (Å²) in [6.45, 7) is 24.3. The molecule has 0 spiro atoms. The third-order valence-corrected chi connectivity index (χ3v) is 12.5. The highest BCUT2D eigenvalue weighted by atomic mass is 16.7. The van der Waals surface area contributed by atoms with Gasteiger partial charge >= 0.3 is 0 Å². The summed E-state index contributed by atoms with van der Waals surface area (Å²) in [5.74, 6) is 0.800. The maximum absolute atomic E-state index is 13.0. The summed E-state index contributed by atoms with van der Waals surface area (Å²) in [5, 5.41) is 12.0. The van der Waals surface area contributed by atoms with Crippen molar-refractivity contribution < 1.29 is 19.4 Å². The fourth-order valence-corrected chi connectivity index (χ4v) is 10.6. The molecule has 37 heavy (non-hydrogen) atoms. The van der Waals surface area contributed by atoms with Crippen molar-refractivity contribution in [3.05, 3.63) is 23.3 Å². The van der Waals surface area contributed by atoms with Gasteiger partial charge in [-0.3, -0.25) is 4.79 Å². The lowest BCUT2D eigenvalue weighted by Gasteiger charge is -2.69. The zero-order valence-corrected chi connectivity index (χ0v) is 25.0. The van der Waals surface area contributed by atoms with Crippen LogP contribution in [-0.4, -0.2) is 35.0 Å². The Morgan fingerprint density at radius 2 is 1.73 bits per heavy atom. The summed E-state index contributed by atoms with van der Waals surface area (Å²) < 4.78 is 12.6. The molecule has 4 aliphatic carbocycles. The van der Waals surface area contributed by atoms with E-state index in [0.29, 0.717) is 24.0 Å². The number of aliphatic hydroxyl groups excluding tert-OH is 1. The minimum absolute atomic E-state index is 0.00204. The maximum Gasteiger partial charge on any atom is 0.164 e. The second-order valence-electron chi connectivity index (χ2n) is 15.3. The van der Waals surface area contributed by atoms with Gasteiger partial charge in [-0.25, -0.2) is 0 Å². The fraction of sp³-hybridized carbons (Fsp3) is 0.848. The van der Waals surface area contributed by atoms with E-state index in [4.69, 9.17) is 9.47 Å². The minimum atomic E-state index is -0.582. The van der Waals surface area contributed by atoms with Crippen LogP contribution < -0.4 is 0 Å². The number of ether oxygens (including phenoxy) is 2. The van der Waals surface area contributed by atoms with Gasteiger partial charge in [0.05, 0.1) is 12.2 Å². The average molecular weight is 513 g/mol. The highest BCUT2D eigenvalue weighted by molar-refractivity contribution is 5.85. The second kappa shape index (κ2) is 8.51. The Bertz CT molecular complexity index is 1020. The summed E-state index contributed by atoms with van der Waals surface area (Å²) in [6.07, 6.45) is 7.34. The molecule has 1 saturated heterocycles. The van der Waals surface area contributed by atoms with Gasteiger partial charge in [-0.05, 0) is 105 Å². The van der Waals surface area contributed by atoms with Crippen LogP contribution in [0.3, 0.4) is 0 Å². The molecule has 0 aromatic rings. The molecule has 4 fully saturated rings. The summed E-state index contributed by atoms with van der Waals surface area (Å²) in [7, 11) is 0. The Morgan fingerprint density at radius 3 is 2.38 bits per heavy atom. The van der Waals surface area contributed by atoms with Gasteiger partial charge in [0.1, 0.15) is 11.9 Å². The molecule has 0 aromatic heterocycles. The summed E-state index contributed by atoms with van der Waals surface area (Å²) >= 11 is 0. The van der Waals surface area contributed by atoms with Crippen LogP contribution in [0.25, 0.3) is 0 Å². The number of allylic oxidation sites excluding steroid dienone is 1. The number of fused-ring (bicyclic) bond motifs is 5. The molecule has 3 saturated carbocycles. The normalized spacial score (nSPS) is 47.3. The molecule has 9 atom stereocenters. The van der Waals surface area contributed by atoms with E-state index in [2.05, 4.69) is 48.1 Å². The van der Waals surface area contributed by atoms with Crippen LogP contribution in [0.15, 0.2) is 23.3 Å². The van der Waals surface area contributed by atoms with Crippen LogP contribution in [0.2, 0.25) is 0 Å². The molecule has 0 amide bonds. The Labute approximate surface area is 225 Å². The molecular weight excluding hydrogens is 460 g/mol. The molecular formula is C33H52O4. The van der Waals surface area contributed by atoms with Gasteiger partial charge in [0.15, 0.2) is 5.79 Å². The van der Waals surface area contributed by atoms with Gasteiger partial charge in [0, 0.05) is 11.8 Å². The largest absolute Gasteiger partial charge is 0.392 e. The summed E-state index contributed by atoms with van der Waals surface area (Å²) in [5.41, 5.74) is 3.96. The monoisotopic (exact) mass is 512 g/mol. The highest BCUT2D eigenvalue weighted by Crippen LogP contribution is 2.74. The van der Waals surface area contributed by atoms with Crippen LogP contribution in [0, 0.1) is 39.4 Å². The molecule has 0 unspecified atom stereocenters. The number of ketones is 1. The van der Waals surface area contributed by atoms with Gasteiger partial charge in [-0.1, -0.05) is 59.3 Å². The maximum atomic E-state index is 13.0. The smallest absolute Gasteiger partial charge is 0.164 e. The van der Waals surface area contributed by atoms with E-state index < -0.39 is 5.79 Å². The van der Waals surface area contributed by atoms with Gasteiger partial charge in [0.2, 0.25) is 0 Å². The summed E-state index contributed by atoms with van der Waals surface area (Å²) in [6, 6.07) is 0. The number of carbonyl (C=O) groups excluding carboxylic acids is 1. The van der Waals surface area contributed by atoms with Gasteiger partial charge in [-0.15, -0.1) is 0 Å². The van der Waals surface area contributed by atoms with Crippen LogP contribution in [-0.2, 0) is 14.3 Å². The number of rotatable bonds is 4. The van der Waals surface area contributed by atoms with Crippen molar-refractivity contribution in [2.45, 2.75) is 138 Å². The van der Waals surface area contributed by atoms with Crippen molar-refractivity contribution in [3.8, 4) is 0 Å². The number of hydrogen-bond donors (Lipinski definition) is 1. The van der Waals surface area contributed by atoms with E-state index in [1.54, 1.807) is 5.57 Å². The number of Topliss-reactive ketones (excluding diaryl/α,β-unsaturated/α-hetero) is 1. The zero-order chi connectivity index (χ0) is 27.3. The molecule has 1 aliphatic heterocycles. The fourth-order valence-electron chi connectivity index (χ4n) is 10.6. The van der Waals surface area contributed by atoms with E-state index in [9.17, 15) is 9.90 Å². The highest BCUT2D eigenvalue weighted by Gasteiger charge is 2.69. The van der Waals surface area contributed by atoms with Crippen molar-refractivity contribution in [3.63, 3.8) is 0 Å². The number of carbonyl (C=O) groups is 1. The van der Waals surface area contributed by atoms with Crippen LogP contribution in [0.1, 0.15) is 114 Å². The first-order valence-electron chi connectivity index (χ1n) is 14.9. The van der Waals surface area contributed by atoms with E-state index in [1.807, 2.05) is 20.8 Å². The van der Waals surface area contributed by atoms with Gasteiger partial charge in [-0.2, -0.15) is 0 Å². The van der Waals surface area contributed by atoms with Crippen molar-refractivity contribution in [1.82, 2.24) is 0 Å². The van der Waals surface area contributed by atoms with E-state index in [1.165, 1.54) is 12.0 Å². The minimum Gasteiger partial charge on any atom is -0.392 e. The predicted molar refractivity (Wildman–Crippen MR) is 148 cm³/mol. The van der Waals surface area contributed by atoms with Gasteiger partial charge in [0.25, 0.3) is 0 Å². The molecule has 1 N–H and O–H groups in total. The third-order valence-electron chi connectivity index (χ3n) is 12.5. The van der Waals surface area contributed by atoms with Crippen LogP contribution >= 0.6 is 0 Å². The van der Waals surface area contributed by atoms with E-state index >= 15 is 0 Å². The van der Waals surface area contributed by atoms with Gasteiger partial charge < -0.3 is 14.6 Å². The first kappa shape index (κ1) is 27.6. The van der Waals surface area contributed by atoms with Crippen molar-refractivity contribution in [2.24, 2.45) is 39.4 Å². The zero-order valence-electron chi connectivity index (χ0n) is 25.0. The molecule has 4 nitrogen and oxygen atoms in total. The number of hydrogen-bond acceptors (Lipinski definition) is 4. The Kier molecular flexibility index (Phi) is 6.35. The lowest BCUT2D eigenvalue weighted by atomic mass is 9.36. The molecule has 0 aromatic carbocycles. The second-order valence-corrected chi connectivity index (χ2v) is 15.3. The van der Waals surface area contributed by atoms with Crippen molar-refractivity contribution >= 4 is 5.78 Å². The molecule has 1 heterocycles. The SMILES string of the molecule is C=C(C)[C@@H]1OC(C)(C)O[C@H]1C[C@@H](C)C1=C2C[C@H](O)[C@H]3[C@@]4(C)CCC(=O)C(C)(C)[C@@H]4CC[C@]3(C)[C@@]2(C)CC1. The first-order chi connectivity index (χ1) is 17.0.